The van der Waals surface area contributed by atoms with Gasteiger partial charge in [0.1, 0.15) is 11.6 Å². The van der Waals surface area contributed by atoms with Gasteiger partial charge in [0, 0.05) is 12.1 Å². The molecule has 4 aromatic carbocycles. The Hall–Kier alpha value is -4.71. The Balaban J connectivity index is 1.71. The van der Waals surface area contributed by atoms with E-state index in [0.717, 1.165) is 5.56 Å². The maximum Gasteiger partial charge on any atom is 0.266 e. The van der Waals surface area contributed by atoms with Crippen LogP contribution in [0.3, 0.4) is 0 Å². The van der Waals surface area contributed by atoms with Crippen molar-refractivity contribution in [1.82, 2.24) is 14.5 Å². The number of carbonyl (C=O) groups is 1. The summed E-state index contributed by atoms with van der Waals surface area (Å²) in [6.45, 7) is 2.38. The number of aromatic nitrogens is 2. The molecular formula is C32H29N3O3. The van der Waals surface area contributed by atoms with Crippen LogP contribution in [0.5, 0.6) is 5.75 Å². The first-order valence-corrected chi connectivity index (χ1v) is 12.7. The van der Waals surface area contributed by atoms with Crippen molar-refractivity contribution in [3.8, 4) is 11.4 Å². The molecule has 5 aromatic rings. The van der Waals surface area contributed by atoms with Crippen LogP contribution in [-0.4, -0.2) is 27.5 Å². The zero-order chi connectivity index (χ0) is 26.5. The number of hydrogen-bond donors (Lipinski definition) is 0. The molecular weight excluding hydrogens is 474 g/mol. The molecule has 0 radical (unpaired) electrons. The van der Waals surface area contributed by atoms with E-state index in [2.05, 4.69) is 0 Å². The number of amides is 1. The minimum absolute atomic E-state index is 0.148. The summed E-state index contributed by atoms with van der Waals surface area (Å²) >= 11 is 0. The predicted octanol–water partition coefficient (Wildman–Crippen LogP) is 6.19. The molecule has 1 unspecified atom stereocenters. The molecule has 5 rings (SSSR count). The molecule has 1 atom stereocenters. The highest BCUT2D eigenvalue weighted by atomic mass is 16.5. The van der Waals surface area contributed by atoms with Gasteiger partial charge in [0.25, 0.3) is 11.5 Å². The Morgan fingerprint density at radius 3 is 2.16 bits per heavy atom. The Morgan fingerprint density at radius 2 is 1.50 bits per heavy atom. The molecule has 0 saturated carbocycles. The summed E-state index contributed by atoms with van der Waals surface area (Å²) in [6, 6.07) is 33.3. The number of nitrogens with zero attached hydrogens (tertiary/aromatic N) is 3. The van der Waals surface area contributed by atoms with Gasteiger partial charge in [0.05, 0.1) is 29.7 Å². The largest absolute Gasteiger partial charge is 0.497 e. The molecule has 190 valence electrons. The van der Waals surface area contributed by atoms with E-state index >= 15 is 0 Å². The molecule has 0 N–H and O–H groups in total. The quantitative estimate of drug-likeness (QED) is 0.253. The van der Waals surface area contributed by atoms with E-state index in [1.165, 1.54) is 0 Å². The van der Waals surface area contributed by atoms with E-state index in [9.17, 15) is 9.59 Å². The predicted molar refractivity (Wildman–Crippen MR) is 150 cm³/mol. The van der Waals surface area contributed by atoms with Gasteiger partial charge in [-0.05, 0) is 60.5 Å². The Morgan fingerprint density at radius 1 is 0.868 bits per heavy atom. The molecule has 0 spiro atoms. The third-order valence-corrected chi connectivity index (χ3v) is 6.67. The highest BCUT2D eigenvalue weighted by Crippen LogP contribution is 2.29. The first-order chi connectivity index (χ1) is 18.6. The summed E-state index contributed by atoms with van der Waals surface area (Å²) in [6.07, 6.45) is 0.562. The second-order valence-electron chi connectivity index (χ2n) is 9.03. The molecule has 6 heteroatoms. The van der Waals surface area contributed by atoms with Gasteiger partial charge in [-0.15, -0.1) is 0 Å². The van der Waals surface area contributed by atoms with Gasteiger partial charge in [-0.2, -0.15) is 0 Å². The lowest BCUT2D eigenvalue weighted by Gasteiger charge is -2.32. The smallest absolute Gasteiger partial charge is 0.266 e. The number of methoxy groups -OCH3 is 1. The molecule has 1 aromatic heterocycles. The van der Waals surface area contributed by atoms with Gasteiger partial charge < -0.3 is 9.64 Å². The third-order valence-electron chi connectivity index (χ3n) is 6.67. The minimum atomic E-state index is -0.470. The summed E-state index contributed by atoms with van der Waals surface area (Å²) in [7, 11) is 1.60. The third kappa shape index (κ3) is 4.93. The lowest BCUT2D eigenvalue weighted by molar-refractivity contribution is 0.0640. The summed E-state index contributed by atoms with van der Waals surface area (Å²) < 4.78 is 6.94. The first-order valence-electron chi connectivity index (χ1n) is 12.7. The van der Waals surface area contributed by atoms with Crippen molar-refractivity contribution < 1.29 is 9.53 Å². The van der Waals surface area contributed by atoms with Gasteiger partial charge in [-0.25, -0.2) is 4.98 Å². The van der Waals surface area contributed by atoms with E-state index in [1.54, 1.807) is 42.0 Å². The number of hydrogen-bond acceptors (Lipinski definition) is 4. The van der Waals surface area contributed by atoms with Gasteiger partial charge >= 0.3 is 0 Å². The first kappa shape index (κ1) is 25.0. The van der Waals surface area contributed by atoms with E-state index in [4.69, 9.17) is 9.72 Å². The topological polar surface area (TPSA) is 64.4 Å². The average molecular weight is 504 g/mol. The van der Waals surface area contributed by atoms with Gasteiger partial charge in [0.15, 0.2) is 0 Å². The van der Waals surface area contributed by atoms with Gasteiger partial charge in [-0.1, -0.05) is 67.6 Å². The summed E-state index contributed by atoms with van der Waals surface area (Å²) in [5.41, 5.74) is 2.68. The molecule has 0 bridgehead atoms. The van der Waals surface area contributed by atoms with Crippen LogP contribution < -0.4 is 10.3 Å². The van der Waals surface area contributed by atoms with Crippen molar-refractivity contribution in [2.45, 2.75) is 25.9 Å². The monoisotopic (exact) mass is 503 g/mol. The van der Waals surface area contributed by atoms with Crippen LogP contribution in [0.15, 0.2) is 114 Å². The van der Waals surface area contributed by atoms with Crippen LogP contribution in [0.4, 0.5) is 0 Å². The highest BCUT2D eigenvalue weighted by molar-refractivity contribution is 5.94. The van der Waals surface area contributed by atoms with E-state index in [-0.39, 0.29) is 11.5 Å². The van der Waals surface area contributed by atoms with Crippen LogP contribution in [0, 0.1) is 0 Å². The molecule has 0 aliphatic rings. The van der Waals surface area contributed by atoms with Crippen molar-refractivity contribution in [2.24, 2.45) is 0 Å². The van der Waals surface area contributed by atoms with Crippen molar-refractivity contribution in [3.63, 3.8) is 0 Å². The van der Waals surface area contributed by atoms with Gasteiger partial charge in [-0.3, -0.25) is 14.2 Å². The van der Waals surface area contributed by atoms with Crippen LogP contribution in [0.25, 0.3) is 16.6 Å². The Labute approximate surface area is 221 Å². The number of fused-ring (bicyclic) bond motifs is 1. The number of carbonyl (C=O) groups excluding carboxylic acids is 1. The van der Waals surface area contributed by atoms with E-state index in [1.807, 2.05) is 90.7 Å². The van der Waals surface area contributed by atoms with Crippen LogP contribution in [-0.2, 0) is 6.54 Å². The molecule has 0 aliphatic carbocycles. The van der Waals surface area contributed by atoms with Crippen LogP contribution in [0.2, 0.25) is 0 Å². The molecule has 1 amide bonds. The number of para-hydroxylation sites is 2. The fraction of sp³-hybridized carbons (Fsp3) is 0.156. The summed E-state index contributed by atoms with van der Waals surface area (Å²) in [5.74, 6) is 1.06. The second-order valence-corrected chi connectivity index (χ2v) is 9.03. The molecule has 0 aliphatic heterocycles. The van der Waals surface area contributed by atoms with E-state index < -0.39 is 6.04 Å². The highest BCUT2D eigenvalue weighted by Gasteiger charge is 2.30. The standard InChI is InChI=1S/C32H29N3O3/c1-3-29(30-33-28-17-11-10-16-27(28)32(37)35(30)25-14-8-5-9-15-25)34(22-23-12-6-4-7-13-23)31(36)24-18-20-26(38-2)21-19-24/h4-21,29H,3,22H2,1-2H3. The van der Waals surface area contributed by atoms with E-state index in [0.29, 0.717) is 46.7 Å². The minimum Gasteiger partial charge on any atom is -0.497 e. The summed E-state index contributed by atoms with van der Waals surface area (Å²) in [4.78, 5) is 34.8. The lowest BCUT2D eigenvalue weighted by Crippen LogP contribution is -2.38. The second kappa shape index (κ2) is 11.1. The van der Waals surface area contributed by atoms with Crippen LogP contribution in [0.1, 0.15) is 41.1 Å². The number of benzene rings is 4. The number of ether oxygens (including phenoxy) is 1. The zero-order valence-corrected chi connectivity index (χ0v) is 21.5. The Kier molecular flexibility index (Phi) is 7.31. The molecule has 38 heavy (non-hydrogen) atoms. The summed E-state index contributed by atoms with van der Waals surface area (Å²) in [5, 5.41) is 0.533. The number of rotatable bonds is 8. The average Bonchev–Trinajstić information content (AvgIpc) is 2.98. The molecule has 0 fully saturated rings. The fourth-order valence-corrected chi connectivity index (χ4v) is 4.75. The lowest BCUT2D eigenvalue weighted by atomic mass is 10.1. The normalized spacial score (nSPS) is 11.7. The molecule has 0 saturated heterocycles. The van der Waals surface area contributed by atoms with Crippen molar-refractivity contribution in [2.75, 3.05) is 7.11 Å². The van der Waals surface area contributed by atoms with Gasteiger partial charge in [0.2, 0.25) is 0 Å². The SMILES string of the molecule is CCC(c1nc2ccccc2c(=O)n1-c1ccccc1)N(Cc1ccccc1)C(=O)c1ccc(OC)cc1. The van der Waals surface area contributed by atoms with Crippen molar-refractivity contribution >= 4 is 16.8 Å². The van der Waals surface area contributed by atoms with Crippen molar-refractivity contribution in [1.29, 1.82) is 0 Å². The maximum atomic E-state index is 14.1. The van der Waals surface area contributed by atoms with Crippen LogP contribution >= 0.6 is 0 Å². The molecule has 6 nitrogen and oxygen atoms in total. The zero-order valence-electron chi connectivity index (χ0n) is 21.5. The fourth-order valence-electron chi connectivity index (χ4n) is 4.75. The Bertz CT molecular complexity index is 1600. The maximum absolute atomic E-state index is 14.1. The molecule has 1 heterocycles. The van der Waals surface area contributed by atoms with Crippen molar-refractivity contribution in [3.05, 3.63) is 136 Å².